The van der Waals surface area contributed by atoms with Crippen LogP contribution in [0.5, 0.6) is 0 Å². The van der Waals surface area contributed by atoms with Crippen LogP contribution in [0.3, 0.4) is 0 Å². The van der Waals surface area contributed by atoms with Gasteiger partial charge in [0.05, 0.1) is 12.7 Å². The Morgan fingerprint density at radius 2 is 2.60 bits per heavy atom. The fraction of sp³-hybridized carbons (Fsp3) is 1.00. The minimum absolute atomic E-state index is 0.0243. The van der Waals surface area contributed by atoms with Crippen molar-refractivity contribution in [3.8, 4) is 0 Å². The number of rotatable bonds is 2. The smallest absolute Gasteiger partial charge is 0.109 e. The van der Waals surface area contributed by atoms with Gasteiger partial charge >= 0.3 is 0 Å². The number of nitrogens with zero attached hydrogens (tertiary/aromatic N) is 2. The molecule has 0 aliphatic carbocycles. The lowest BCUT2D eigenvalue weighted by Crippen LogP contribution is -2.41. The lowest BCUT2D eigenvalue weighted by atomic mass is 10.3. The third kappa shape index (κ3) is 2.04. The standard InChI is InChI=1S/C6H12N2O2/c1-8-2-3-10-6(5-8)4-7-9/h6H,2-5H2,1H3. The molecular weight excluding hydrogens is 132 g/mol. The highest BCUT2D eigenvalue weighted by molar-refractivity contribution is 4.69. The maximum atomic E-state index is 9.83. The molecule has 0 bridgehead atoms. The lowest BCUT2D eigenvalue weighted by Gasteiger charge is -2.28. The van der Waals surface area contributed by atoms with Crippen molar-refractivity contribution < 1.29 is 4.74 Å². The van der Waals surface area contributed by atoms with Gasteiger partial charge in [0.15, 0.2) is 0 Å². The van der Waals surface area contributed by atoms with E-state index in [1.54, 1.807) is 0 Å². The number of morpholine rings is 1. The van der Waals surface area contributed by atoms with Crippen molar-refractivity contribution in [2.75, 3.05) is 33.3 Å². The molecule has 0 saturated carbocycles. The van der Waals surface area contributed by atoms with E-state index in [0.29, 0.717) is 0 Å². The van der Waals surface area contributed by atoms with Crippen LogP contribution in [-0.4, -0.2) is 44.3 Å². The Kier molecular flexibility index (Phi) is 2.77. The Morgan fingerprint density at radius 1 is 1.80 bits per heavy atom. The van der Waals surface area contributed by atoms with E-state index in [1.165, 1.54) is 0 Å². The van der Waals surface area contributed by atoms with Crippen molar-refractivity contribution in [3.05, 3.63) is 4.91 Å². The summed E-state index contributed by atoms with van der Waals surface area (Å²) in [7, 11) is 2.01. The summed E-state index contributed by atoms with van der Waals surface area (Å²) in [6.45, 7) is 2.78. The maximum Gasteiger partial charge on any atom is 0.109 e. The van der Waals surface area contributed by atoms with E-state index in [9.17, 15) is 4.91 Å². The van der Waals surface area contributed by atoms with Crippen LogP contribution in [0.1, 0.15) is 0 Å². The zero-order valence-electron chi connectivity index (χ0n) is 6.12. The number of nitroso groups, excluding NO2 is 1. The topological polar surface area (TPSA) is 41.9 Å². The van der Waals surface area contributed by atoms with E-state index < -0.39 is 0 Å². The van der Waals surface area contributed by atoms with Gasteiger partial charge in [-0.2, -0.15) is 4.91 Å². The van der Waals surface area contributed by atoms with E-state index in [-0.39, 0.29) is 12.6 Å². The van der Waals surface area contributed by atoms with Crippen LogP contribution in [0, 0.1) is 4.91 Å². The highest BCUT2D eigenvalue weighted by Crippen LogP contribution is 2.02. The van der Waals surface area contributed by atoms with Crippen LogP contribution < -0.4 is 0 Å². The van der Waals surface area contributed by atoms with E-state index >= 15 is 0 Å². The Labute approximate surface area is 60.1 Å². The first-order chi connectivity index (χ1) is 4.83. The van der Waals surface area contributed by atoms with Crippen LogP contribution in [0.25, 0.3) is 0 Å². The Hall–Kier alpha value is -0.480. The van der Waals surface area contributed by atoms with Gasteiger partial charge in [-0.05, 0) is 7.05 Å². The second kappa shape index (κ2) is 3.63. The molecule has 0 aromatic carbocycles. The molecule has 10 heavy (non-hydrogen) atoms. The van der Waals surface area contributed by atoms with Crippen molar-refractivity contribution in [3.63, 3.8) is 0 Å². The molecular formula is C6H12N2O2. The quantitative estimate of drug-likeness (QED) is 0.515. The third-order valence-electron chi connectivity index (χ3n) is 1.62. The Balaban J connectivity index is 2.24. The van der Waals surface area contributed by atoms with Gasteiger partial charge < -0.3 is 9.64 Å². The highest BCUT2D eigenvalue weighted by atomic mass is 16.5. The minimum atomic E-state index is 0.0243. The molecule has 4 heteroatoms. The molecule has 4 nitrogen and oxygen atoms in total. The molecule has 58 valence electrons. The SMILES string of the molecule is CN1CCOC(CN=O)C1. The van der Waals surface area contributed by atoms with Crippen LogP contribution in [0.15, 0.2) is 5.18 Å². The van der Waals surface area contributed by atoms with Gasteiger partial charge in [0, 0.05) is 13.1 Å². The molecule has 1 aliphatic rings. The van der Waals surface area contributed by atoms with Gasteiger partial charge in [-0.25, -0.2) is 0 Å². The summed E-state index contributed by atoms with van der Waals surface area (Å²) >= 11 is 0. The minimum Gasteiger partial charge on any atom is -0.373 e. The summed E-state index contributed by atoms with van der Waals surface area (Å²) < 4.78 is 5.25. The molecule has 0 spiro atoms. The first-order valence-corrected chi connectivity index (χ1v) is 3.42. The van der Waals surface area contributed by atoms with Crippen LogP contribution in [0.4, 0.5) is 0 Å². The molecule has 0 radical (unpaired) electrons. The maximum absolute atomic E-state index is 9.83. The second-order valence-electron chi connectivity index (χ2n) is 2.57. The molecule has 1 aliphatic heterocycles. The predicted molar refractivity (Wildman–Crippen MR) is 37.9 cm³/mol. The zero-order valence-corrected chi connectivity index (χ0v) is 6.12. The average Bonchev–Trinajstić information content (AvgIpc) is 1.88. The van der Waals surface area contributed by atoms with Crippen LogP contribution >= 0.6 is 0 Å². The van der Waals surface area contributed by atoms with Gasteiger partial charge in [0.2, 0.25) is 0 Å². The summed E-state index contributed by atoms with van der Waals surface area (Å²) in [5.41, 5.74) is 0. The molecule has 0 aromatic heterocycles. The molecule has 1 heterocycles. The predicted octanol–water partition coefficient (Wildman–Crippen LogP) is 0.0834. The van der Waals surface area contributed by atoms with Crippen molar-refractivity contribution >= 4 is 0 Å². The highest BCUT2D eigenvalue weighted by Gasteiger charge is 2.16. The number of hydrogen-bond donors (Lipinski definition) is 0. The van der Waals surface area contributed by atoms with Gasteiger partial charge in [-0.1, -0.05) is 5.18 Å². The van der Waals surface area contributed by atoms with Crippen LogP contribution in [0.2, 0.25) is 0 Å². The van der Waals surface area contributed by atoms with Crippen molar-refractivity contribution in [2.45, 2.75) is 6.10 Å². The molecule has 1 unspecified atom stereocenters. The van der Waals surface area contributed by atoms with Gasteiger partial charge in [-0.15, -0.1) is 0 Å². The first-order valence-electron chi connectivity index (χ1n) is 3.42. The monoisotopic (exact) mass is 144 g/mol. The Bertz CT molecular complexity index is 118. The fourth-order valence-corrected chi connectivity index (χ4v) is 1.06. The van der Waals surface area contributed by atoms with Gasteiger partial charge in [-0.3, -0.25) is 0 Å². The zero-order chi connectivity index (χ0) is 7.40. The van der Waals surface area contributed by atoms with Crippen molar-refractivity contribution in [2.24, 2.45) is 5.18 Å². The van der Waals surface area contributed by atoms with Gasteiger partial charge in [0.1, 0.15) is 6.54 Å². The van der Waals surface area contributed by atoms with E-state index in [2.05, 4.69) is 10.1 Å². The summed E-state index contributed by atoms with van der Waals surface area (Å²) in [6, 6.07) is 0. The number of hydrogen-bond acceptors (Lipinski definition) is 4. The first kappa shape index (κ1) is 7.63. The molecule has 0 aromatic rings. The lowest BCUT2D eigenvalue weighted by molar-refractivity contribution is -0.0137. The van der Waals surface area contributed by atoms with Crippen molar-refractivity contribution in [1.82, 2.24) is 4.90 Å². The van der Waals surface area contributed by atoms with E-state index in [1.807, 2.05) is 7.05 Å². The van der Waals surface area contributed by atoms with Crippen LogP contribution in [-0.2, 0) is 4.74 Å². The number of likely N-dealkylation sites (N-methyl/N-ethyl adjacent to an activating group) is 1. The third-order valence-corrected chi connectivity index (χ3v) is 1.62. The molecule has 0 N–H and O–H groups in total. The summed E-state index contributed by atoms with van der Waals surface area (Å²) in [5.74, 6) is 0. The molecule has 1 saturated heterocycles. The summed E-state index contributed by atoms with van der Waals surface area (Å²) in [6.07, 6.45) is 0.0243. The van der Waals surface area contributed by atoms with E-state index in [0.717, 1.165) is 19.7 Å². The van der Waals surface area contributed by atoms with Crippen molar-refractivity contribution in [1.29, 1.82) is 0 Å². The largest absolute Gasteiger partial charge is 0.373 e. The average molecular weight is 144 g/mol. The normalized spacial score (nSPS) is 28.3. The summed E-state index contributed by atoms with van der Waals surface area (Å²) in [5, 5.41) is 2.79. The van der Waals surface area contributed by atoms with E-state index in [4.69, 9.17) is 4.74 Å². The second-order valence-corrected chi connectivity index (χ2v) is 2.57. The number of ether oxygens (including phenoxy) is 1. The molecule has 0 amide bonds. The summed E-state index contributed by atoms with van der Waals surface area (Å²) in [4.78, 5) is 12.0. The fourth-order valence-electron chi connectivity index (χ4n) is 1.06. The molecule has 1 fully saturated rings. The Morgan fingerprint density at radius 3 is 3.20 bits per heavy atom. The molecule has 1 rings (SSSR count). The van der Waals surface area contributed by atoms with Gasteiger partial charge in [0.25, 0.3) is 0 Å². The molecule has 1 atom stereocenters.